The number of hydrogen-bond donors (Lipinski definition) is 0. The molecule has 3 aromatic rings. The first kappa shape index (κ1) is 16.4. The predicted molar refractivity (Wildman–Crippen MR) is 94.0 cm³/mol. The first-order chi connectivity index (χ1) is 11.5. The van der Waals surface area contributed by atoms with Gasteiger partial charge in [-0.15, -0.1) is 0 Å². The van der Waals surface area contributed by atoms with Crippen LogP contribution in [0.15, 0.2) is 45.8 Å². The molecule has 124 valence electrons. The van der Waals surface area contributed by atoms with Crippen molar-refractivity contribution in [3.05, 3.63) is 57.0 Å². The van der Waals surface area contributed by atoms with E-state index >= 15 is 0 Å². The van der Waals surface area contributed by atoms with Crippen molar-refractivity contribution < 1.29 is 9.53 Å². The Morgan fingerprint density at radius 1 is 1.33 bits per heavy atom. The zero-order valence-corrected chi connectivity index (χ0v) is 14.9. The van der Waals surface area contributed by atoms with Crippen LogP contribution in [0.3, 0.4) is 0 Å². The van der Waals surface area contributed by atoms with Crippen LogP contribution in [-0.2, 0) is 16.1 Å². The first-order valence-electron chi connectivity index (χ1n) is 7.50. The lowest BCUT2D eigenvalue weighted by molar-refractivity contribution is -0.143. The first-order valence-corrected chi connectivity index (χ1v) is 8.30. The van der Waals surface area contributed by atoms with E-state index in [1.807, 2.05) is 24.3 Å². The quantitative estimate of drug-likeness (QED) is 0.643. The number of halogens is 1. The third-order valence-corrected chi connectivity index (χ3v) is 4.13. The lowest BCUT2D eigenvalue weighted by atomic mass is 10.2. The third kappa shape index (κ3) is 3.12. The topological polar surface area (TPSA) is 65.6 Å². The van der Waals surface area contributed by atoms with Crippen LogP contribution in [0.4, 0.5) is 0 Å². The van der Waals surface area contributed by atoms with Gasteiger partial charge in [-0.05, 0) is 26.0 Å². The van der Waals surface area contributed by atoms with E-state index in [1.54, 1.807) is 24.6 Å². The number of benzene rings is 1. The van der Waals surface area contributed by atoms with E-state index in [0.29, 0.717) is 23.8 Å². The van der Waals surface area contributed by atoms with Gasteiger partial charge in [0.25, 0.3) is 5.56 Å². The molecule has 0 saturated carbocycles. The molecule has 0 radical (unpaired) electrons. The molecule has 3 rings (SSSR count). The molecule has 0 atom stereocenters. The second kappa shape index (κ2) is 6.60. The van der Waals surface area contributed by atoms with Crippen LogP contribution in [0.1, 0.15) is 12.6 Å². The van der Waals surface area contributed by atoms with Crippen molar-refractivity contribution in [2.45, 2.75) is 20.4 Å². The van der Waals surface area contributed by atoms with E-state index in [0.717, 1.165) is 10.0 Å². The second-order valence-corrected chi connectivity index (χ2v) is 6.24. The molecular weight excluding hydrogens is 374 g/mol. The lowest BCUT2D eigenvalue weighted by Crippen LogP contribution is -2.22. The molecular formula is C17H16BrN3O3. The van der Waals surface area contributed by atoms with E-state index in [1.165, 1.54) is 10.5 Å². The highest BCUT2D eigenvalue weighted by molar-refractivity contribution is 9.10. The van der Waals surface area contributed by atoms with Crippen LogP contribution in [0.2, 0.25) is 0 Å². The molecule has 0 aliphatic carbocycles. The van der Waals surface area contributed by atoms with Crippen molar-refractivity contribution in [3.8, 4) is 11.3 Å². The summed E-state index contributed by atoms with van der Waals surface area (Å²) in [6.07, 6.45) is 1.68. The molecule has 2 heterocycles. The summed E-state index contributed by atoms with van der Waals surface area (Å²) in [5.41, 5.74) is 2.02. The van der Waals surface area contributed by atoms with Gasteiger partial charge in [0.05, 0.1) is 12.3 Å². The Labute approximate surface area is 146 Å². The Morgan fingerprint density at radius 2 is 2.12 bits per heavy atom. The normalized spacial score (nSPS) is 11.0. The van der Waals surface area contributed by atoms with Crippen molar-refractivity contribution in [1.82, 2.24) is 14.0 Å². The van der Waals surface area contributed by atoms with Crippen LogP contribution in [-0.4, -0.2) is 26.5 Å². The Balaban J connectivity index is 2.15. The van der Waals surface area contributed by atoms with Gasteiger partial charge in [0, 0.05) is 28.0 Å². The van der Waals surface area contributed by atoms with Crippen molar-refractivity contribution in [3.63, 3.8) is 0 Å². The van der Waals surface area contributed by atoms with E-state index in [2.05, 4.69) is 20.9 Å². The summed E-state index contributed by atoms with van der Waals surface area (Å²) in [7, 11) is 0. The van der Waals surface area contributed by atoms with Gasteiger partial charge in [-0.1, -0.05) is 28.1 Å². The number of rotatable bonds is 4. The Bertz CT molecular complexity index is 975. The molecule has 1 aromatic carbocycles. The van der Waals surface area contributed by atoms with Crippen molar-refractivity contribution in [1.29, 1.82) is 0 Å². The molecule has 0 aliphatic heterocycles. The van der Waals surface area contributed by atoms with E-state index in [-0.39, 0.29) is 18.1 Å². The van der Waals surface area contributed by atoms with E-state index in [9.17, 15) is 9.59 Å². The summed E-state index contributed by atoms with van der Waals surface area (Å²) in [6, 6.07) is 9.15. The fourth-order valence-electron chi connectivity index (χ4n) is 2.52. The monoisotopic (exact) mass is 389 g/mol. The fraction of sp³-hybridized carbons (Fsp3) is 0.235. The van der Waals surface area contributed by atoms with Gasteiger partial charge in [-0.3, -0.25) is 14.0 Å². The molecule has 0 N–H and O–H groups in total. The van der Waals surface area contributed by atoms with Crippen LogP contribution in [0, 0.1) is 6.92 Å². The number of ether oxygens (including phenoxy) is 1. The minimum absolute atomic E-state index is 0.0123. The SMILES string of the molecule is CCOC(=O)Cn1c(C)cc(=O)n2cc(-c3cccc(Br)c3)nc12. The maximum Gasteiger partial charge on any atom is 0.326 e. The van der Waals surface area contributed by atoms with Gasteiger partial charge >= 0.3 is 5.97 Å². The standard InChI is InChI=1S/C17H16BrN3O3/c1-3-24-16(23)10-20-11(2)7-15(22)21-9-14(19-17(20)21)12-5-4-6-13(18)8-12/h4-9H,3,10H2,1-2H3. The Kier molecular flexibility index (Phi) is 4.53. The predicted octanol–water partition coefficient (Wildman–Crippen LogP) is 2.80. The number of carbonyl (C=O) groups is 1. The van der Waals surface area contributed by atoms with E-state index in [4.69, 9.17) is 4.74 Å². The zero-order valence-electron chi connectivity index (χ0n) is 13.3. The summed E-state index contributed by atoms with van der Waals surface area (Å²) >= 11 is 3.43. The van der Waals surface area contributed by atoms with Crippen LogP contribution in [0.25, 0.3) is 17.0 Å². The van der Waals surface area contributed by atoms with Gasteiger partial charge in [0.15, 0.2) is 0 Å². The molecule has 0 bridgehead atoms. The summed E-state index contributed by atoms with van der Waals surface area (Å²) in [5, 5.41) is 0. The minimum atomic E-state index is -0.363. The molecule has 0 fully saturated rings. The van der Waals surface area contributed by atoms with Gasteiger partial charge in [-0.25, -0.2) is 4.98 Å². The third-order valence-electron chi connectivity index (χ3n) is 3.64. The molecule has 0 spiro atoms. The Hall–Kier alpha value is -2.41. The maximum absolute atomic E-state index is 12.3. The molecule has 24 heavy (non-hydrogen) atoms. The summed E-state index contributed by atoms with van der Waals surface area (Å²) in [4.78, 5) is 28.7. The number of esters is 1. The maximum atomic E-state index is 12.3. The molecule has 0 aliphatic rings. The molecule has 0 unspecified atom stereocenters. The van der Waals surface area contributed by atoms with Crippen LogP contribution in [0.5, 0.6) is 0 Å². The summed E-state index contributed by atoms with van der Waals surface area (Å²) in [5.74, 6) is 0.0567. The average molecular weight is 390 g/mol. The lowest BCUT2D eigenvalue weighted by Gasteiger charge is -2.10. The number of imidazole rings is 1. The fourth-order valence-corrected chi connectivity index (χ4v) is 2.92. The number of aryl methyl sites for hydroxylation is 1. The van der Waals surface area contributed by atoms with Crippen molar-refractivity contribution >= 4 is 27.7 Å². The highest BCUT2D eigenvalue weighted by Crippen LogP contribution is 2.22. The molecule has 0 amide bonds. The van der Waals surface area contributed by atoms with Gasteiger partial charge < -0.3 is 9.30 Å². The van der Waals surface area contributed by atoms with Crippen molar-refractivity contribution in [2.75, 3.05) is 6.61 Å². The second-order valence-electron chi connectivity index (χ2n) is 5.32. The number of carbonyl (C=O) groups excluding carboxylic acids is 1. The van der Waals surface area contributed by atoms with Crippen LogP contribution < -0.4 is 5.56 Å². The van der Waals surface area contributed by atoms with Gasteiger partial charge in [0.1, 0.15) is 6.54 Å². The molecule has 7 heteroatoms. The van der Waals surface area contributed by atoms with E-state index < -0.39 is 0 Å². The average Bonchev–Trinajstić information content (AvgIpc) is 2.97. The number of hydrogen-bond acceptors (Lipinski definition) is 4. The zero-order chi connectivity index (χ0) is 17.3. The molecule has 6 nitrogen and oxygen atoms in total. The highest BCUT2D eigenvalue weighted by atomic mass is 79.9. The Morgan fingerprint density at radius 3 is 2.83 bits per heavy atom. The van der Waals surface area contributed by atoms with Crippen LogP contribution >= 0.6 is 15.9 Å². The van der Waals surface area contributed by atoms with Gasteiger partial charge in [-0.2, -0.15) is 0 Å². The summed E-state index contributed by atoms with van der Waals surface area (Å²) in [6.45, 7) is 3.85. The highest BCUT2D eigenvalue weighted by Gasteiger charge is 2.14. The minimum Gasteiger partial charge on any atom is -0.465 e. The molecule has 2 aromatic heterocycles. The van der Waals surface area contributed by atoms with Gasteiger partial charge in [0.2, 0.25) is 5.78 Å². The number of aromatic nitrogens is 3. The van der Waals surface area contributed by atoms with Crippen molar-refractivity contribution in [2.24, 2.45) is 0 Å². The smallest absolute Gasteiger partial charge is 0.326 e. The number of nitrogens with zero attached hydrogens (tertiary/aromatic N) is 3. The summed E-state index contributed by atoms with van der Waals surface area (Å²) < 4.78 is 9.06. The largest absolute Gasteiger partial charge is 0.465 e. The molecule has 0 saturated heterocycles. The number of fused-ring (bicyclic) bond motifs is 1.